The van der Waals surface area contributed by atoms with E-state index in [1.807, 2.05) is 12.1 Å². The number of nitrogens with zero attached hydrogens (tertiary/aromatic N) is 1. The molecule has 0 aromatic heterocycles. The van der Waals surface area contributed by atoms with E-state index in [-0.39, 0.29) is 0 Å². The van der Waals surface area contributed by atoms with Crippen LogP contribution in [0.3, 0.4) is 0 Å². The summed E-state index contributed by atoms with van der Waals surface area (Å²) >= 11 is 0. The van der Waals surface area contributed by atoms with Crippen LogP contribution < -0.4 is 0 Å². The average Bonchev–Trinajstić information content (AvgIpc) is 2.80. The lowest BCUT2D eigenvalue weighted by Gasteiger charge is -2.30. The average molecular weight is 247 g/mol. The molecule has 0 heterocycles. The van der Waals surface area contributed by atoms with E-state index in [1.54, 1.807) is 6.07 Å². The van der Waals surface area contributed by atoms with Gasteiger partial charge in [-0.3, -0.25) is 4.90 Å². The van der Waals surface area contributed by atoms with Crippen molar-refractivity contribution < 1.29 is 5.11 Å². The lowest BCUT2D eigenvalue weighted by Crippen LogP contribution is -2.35. The van der Waals surface area contributed by atoms with Gasteiger partial charge in [0.25, 0.3) is 0 Å². The van der Waals surface area contributed by atoms with Crippen molar-refractivity contribution in [2.24, 2.45) is 5.92 Å². The summed E-state index contributed by atoms with van der Waals surface area (Å²) in [5.41, 5.74) is 1.22. The van der Waals surface area contributed by atoms with Crippen LogP contribution in [0.1, 0.15) is 45.1 Å². The molecule has 1 aromatic carbocycles. The zero-order chi connectivity index (χ0) is 13.0. The zero-order valence-electron chi connectivity index (χ0n) is 11.6. The lowest BCUT2D eigenvalue weighted by molar-refractivity contribution is 0.168. The summed E-state index contributed by atoms with van der Waals surface area (Å²) in [5, 5.41) is 9.55. The summed E-state index contributed by atoms with van der Waals surface area (Å²) < 4.78 is 0. The molecule has 0 unspecified atom stereocenters. The van der Waals surface area contributed by atoms with Crippen molar-refractivity contribution in [2.75, 3.05) is 6.54 Å². The van der Waals surface area contributed by atoms with E-state index in [9.17, 15) is 5.11 Å². The normalized spacial score (nSPS) is 16.9. The van der Waals surface area contributed by atoms with Gasteiger partial charge in [0.1, 0.15) is 5.75 Å². The summed E-state index contributed by atoms with van der Waals surface area (Å²) in [5.74, 6) is 1.08. The minimum Gasteiger partial charge on any atom is -0.508 e. The van der Waals surface area contributed by atoms with Crippen molar-refractivity contribution in [2.45, 2.75) is 52.1 Å². The minimum atomic E-state index is 0.378. The highest BCUT2D eigenvalue weighted by Gasteiger charge is 2.23. The SMILES string of the molecule is CC(C)CN(Cc1cccc(O)c1)C1CCCC1. The van der Waals surface area contributed by atoms with Crippen molar-refractivity contribution in [3.8, 4) is 5.75 Å². The fourth-order valence-electron chi connectivity index (χ4n) is 2.97. The Balaban J connectivity index is 2.04. The molecule has 0 saturated heterocycles. The van der Waals surface area contributed by atoms with Gasteiger partial charge < -0.3 is 5.11 Å². The molecule has 2 nitrogen and oxygen atoms in total. The van der Waals surface area contributed by atoms with Gasteiger partial charge in [-0.25, -0.2) is 0 Å². The predicted octanol–water partition coefficient (Wildman–Crippen LogP) is 3.79. The number of aromatic hydroxyl groups is 1. The van der Waals surface area contributed by atoms with Crippen LogP contribution >= 0.6 is 0 Å². The Hall–Kier alpha value is -1.02. The second kappa shape index (κ2) is 6.24. The Morgan fingerprint density at radius 2 is 2.00 bits per heavy atom. The largest absolute Gasteiger partial charge is 0.508 e. The van der Waals surface area contributed by atoms with Crippen LogP contribution in [-0.4, -0.2) is 22.6 Å². The van der Waals surface area contributed by atoms with Crippen molar-refractivity contribution >= 4 is 0 Å². The topological polar surface area (TPSA) is 23.5 Å². The fourth-order valence-corrected chi connectivity index (χ4v) is 2.97. The molecule has 0 aliphatic heterocycles. The molecule has 1 saturated carbocycles. The molecule has 100 valence electrons. The molecule has 18 heavy (non-hydrogen) atoms. The first-order chi connectivity index (χ1) is 8.65. The number of hydrogen-bond acceptors (Lipinski definition) is 2. The first kappa shape index (κ1) is 13.4. The number of rotatable bonds is 5. The summed E-state index contributed by atoms with van der Waals surface area (Å²) in [4.78, 5) is 2.60. The summed E-state index contributed by atoms with van der Waals surface area (Å²) in [6.07, 6.45) is 5.43. The molecule has 1 aromatic rings. The van der Waals surface area contributed by atoms with Crippen molar-refractivity contribution in [1.29, 1.82) is 0 Å². The highest BCUT2D eigenvalue weighted by atomic mass is 16.3. The molecule has 1 aliphatic rings. The van der Waals surface area contributed by atoms with Crippen LogP contribution in [0.4, 0.5) is 0 Å². The van der Waals surface area contributed by atoms with E-state index in [4.69, 9.17) is 0 Å². The summed E-state index contributed by atoms with van der Waals surface area (Å²) in [6, 6.07) is 8.43. The Kier molecular flexibility index (Phi) is 4.65. The molecule has 0 spiro atoms. The maximum Gasteiger partial charge on any atom is 0.115 e. The molecular formula is C16H25NO. The van der Waals surface area contributed by atoms with Gasteiger partial charge in [0, 0.05) is 19.1 Å². The second-order valence-corrected chi connectivity index (χ2v) is 5.93. The second-order valence-electron chi connectivity index (χ2n) is 5.93. The third-order valence-electron chi connectivity index (χ3n) is 3.74. The highest BCUT2D eigenvalue weighted by Crippen LogP contribution is 2.26. The number of phenolic OH excluding ortho intramolecular Hbond substituents is 1. The third-order valence-corrected chi connectivity index (χ3v) is 3.74. The maximum absolute atomic E-state index is 9.55. The molecular weight excluding hydrogens is 222 g/mol. The maximum atomic E-state index is 9.55. The fraction of sp³-hybridized carbons (Fsp3) is 0.625. The van der Waals surface area contributed by atoms with Crippen molar-refractivity contribution in [3.05, 3.63) is 29.8 Å². The van der Waals surface area contributed by atoms with Gasteiger partial charge in [-0.1, -0.05) is 38.8 Å². The number of phenols is 1. The molecule has 0 bridgehead atoms. The summed E-state index contributed by atoms with van der Waals surface area (Å²) in [6.45, 7) is 6.69. The molecule has 0 amide bonds. The third kappa shape index (κ3) is 3.74. The van der Waals surface area contributed by atoms with Crippen LogP contribution in [0.5, 0.6) is 5.75 Å². The summed E-state index contributed by atoms with van der Waals surface area (Å²) in [7, 11) is 0. The quantitative estimate of drug-likeness (QED) is 0.855. The minimum absolute atomic E-state index is 0.378. The molecule has 1 N–H and O–H groups in total. The highest BCUT2D eigenvalue weighted by molar-refractivity contribution is 5.27. The van der Waals surface area contributed by atoms with E-state index in [2.05, 4.69) is 24.8 Å². The van der Waals surface area contributed by atoms with Gasteiger partial charge >= 0.3 is 0 Å². The van der Waals surface area contributed by atoms with Crippen LogP contribution in [0.25, 0.3) is 0 Å². The molecule has 0 atom stereocenters. The van der Waals surface area contributed by atoms with E-state index in [0.717, 1.165) is 19.1 Å². The predicted molar refractivity (Wildman–Crippen MR) is 75.6 cm³/mol. The van der Waals surface area contributed by atoms with Gasteiger partial charge in [0.2, 0.25) is 0 Å². The van der Waals surface area contributed by atoms with E-state index < -0.39 is 0 Å². The Morgan fingerprint density at radius 3 is 2.61 bits per heavy atom. The Bertz CT molecular complexity index is 369. The monoisotopic (exact) mass is 247 g/mol. The standard InChI is InChI=1S/C16H25NO/c1-13(2)11-17(15-7-3-4-8-15)12-14-6-5-9-16(18)10-14/h5-6,9-10,13,15,18H,3-4,7-8,11-12H2,1-2H3. The molecule has 1 fully saturated rings. The first-order valence-electron chi connectivity index (χ1n) is 7.17. The van der Waals surface area contributed by atoms with E-state index in [1.165, 1.54) is 31.2 Å². The Morgan fingerprint density at radius 1 is 1.28 bits per heavy atom. The molecule has 0 radical (unpaired) electrons. The van der Waals surface area contributed by atoms with Gasteiger partial charge in [0.05, 0.1) is 0 Å². The molecule has 2 rings (SSSR count). The van der Waals surface area contributed by atoms with Crippen molar-refractivity contribution in [1.82, 2.24) is 4.90 Å². The number of hydrogen-bond donors (Lipinski definition) is 1. The smallest absolute Gasteiger partial charge is 0.115 e. The van der Waals surface area contributed by atoms with Crippen molar-refractivity contribution in [3.63, 3.8) is 0 Å². The Labute approximate surface area is 111 Å². The molecule has 1 aliphatic carbocycles. The first-order valence-corrected chi connectivity index (χ1v) is 7.17. The lowest BCUT2D eigenvalue weighted by atomic mass is 10.1. The van der Waals surface area contributed by atoms with Gasteiger partial charge in [-0.05, 0) is 36.5 Å². The van der Waals surface area contributed by atoms with Crippen LogP contribution in [0.2, 0.25) is 0 Å². The van der Waals surface area contributed by atoms with Crippen LogP contribution in [-0.2, 0) is 6.54 Å². The van der Waals surface area contributed by atoms with Gasteiger partial charge in [-0.15, -0.1) is 0 Å². The number of benzene rings is 1. The zero-order valence-corrected chi connectivity index (χ0v) is 11.6. The molecule has 2 heteroatoms. The van der Waals surface area contributed by atoms with Gasteiger partial charge in [0.15, 0.2) is 0 Å². The van der Waals surface area contributed by atoms with Gasteiger partial charge in [-0.2, -0.15) is 0 Å². The van der Waals surface area contributed by atoms with E-state index in [0.29, 0.717) is 11.7 Å². The van der Waals surface area contributed by atoms with Crippen LogP contribution in [0, 0.1) is 5.92 Å². The van der Waals surface area contributed by atoms with Crippen LogP contribution in [0.15, 0.2) is 24.3 Å². The van der Waals surface area contributed by atoms with E-state index >= 15 is 0 Å².